The van der Waals surface area contributed by atoms with Crippen molar-refractivity contribution in [1.29, 1.82) is 0 Å². The molecule has 0 aliphatic carbocycles. The average Bonchev–Trinajstić information content (AvgIpc) is 2.28. The molecule has 0 saturated carbocycles. The molecular formula is C12H17NO4. The van der Waals surface area contributed by atoms with E-state index in [1.807, 2.05) is 0 Å². The number of aromatic nitrogens is 1. The molecule has 5 heteroatoms. The van der Waals surface area contributed by atoms with Gasteiger partial charge in [0, 0.05) is 18.9 Å². The quantitative estimate of drug-likeness (QED) is 0.566. The van der Waals surface area contributed by atoms with E-state index in [-0.39, 0.29) is 12.2 Å². The van der Waals surface area contributed by atoms with Crippen LogP contribution in [-0.2, 0) is 14.3 Å². The van der Waals surface area contributed by atoms with Crippen molar-refractivity contribution in [2.24, 2.45) is 0 Å². The lowest BCUT2D eigenvalue weighted by atomic mass is 10.2. The molecule has 0 bridgehead atoms. The fourth-order valence-electron chi connectivity index (χ4n) is 1.55. The Bertz CT molecular complexity index is 438. The highest BCUT2D eigenvalue weighted by Crippen LogP contribution is 2.08. The lowest BCUT2D eigenvalue weighted by Crippen LogP contribution is -2.30. The van der Waals surface area contributed by atoms with Crippen molar-refractivity contribution >= 4 is 5.97 Å². The zero-order chi connectivity index (χ0) is 12.8. The number of carbonyl (C=O) groups excluding carboxylic acids is 1. The number of aryl methyl sites for hydroxylation is 1. The van der Waals surface area contributed by atoms with E-state index in [0.717, 1.165) is 5.69 Å². The van der Waals surface area contributed by atoms with Crippen LogP contribution in [0.5, 0.6) is 0 Å². The molecule has 5 nitrogen and oxygen atoms in total. The van der Waals surface area contributed by atoms with Gasteiger partial charge in [-0.3, -0.25) is 9.36 Å². The minimum absolute atomic E-state index is 0.195. The summed E-state index contributed by atoms with van der Waals surface area (Å²) in [4.78, 5) is 23.3. The van der Waals surface area contributed by atoms with E-state index < -0.39 is 12.0 Å². The largest absolute Gasteiger partial charge is 0.462 e. The lowest BCUT2D eigenvalue weighted by Gasteiger charge is -2.16. The van der Waals surface area contributed by atoms with Gasteiger partial charge in [0.25, 0.3) is 5.56 Å². The van der Waals surface area contributed by atoms with Crippen LogP contribution in [0.3, 0.4) is 0 Å². The van der Waals surface area contributed by atoms with Crippen LogP contribution in [0.15, 0.2) is 23.0 Å². The van der Waals surface area contributed by atoms with Gasteiger partial charge in [0.2, 0.25) is 0 Å². The first-order chi connectivity index (χ1) is 8.07. The van der Waals surface area contributed by atoms with Gasteiger partial charge in [-0.05, 0) is 19.9 Å². The van der Waals surface area contributed by atoms with Gasteiger partial charge in [-0.25, -0.2) is 4.79 Å². The molecule has 0 aliphatic rings. The zero-order valence-corrected chi connectivity index (χ0v) is 10.3. The lowest BCUT2D eigenvalue weighted by molar-refractivity contribution is -0.148. The van der Waals surface area contributed by atoms with E-state index in [1.54, 1.807) is 26.0 Å². The van der Waals surface area contributed by atoms with Crippen molar-refractivity contribution in [1.82, 2.24) is 4.57 Å². The van der Waals surface area contributed by atoms with Crippen LogP contribution in [0.1, 0.15) is 18.7 Å². The molecule has 0 spiro atoms. The molecule has 1 rings (SSSR count). The molecule has 0 radical (unpaired) electrons. The number of ether oxygens (including phenoxy) is 2. The maximum atomic E-state index is 11.7. The van der Waals surface area contributed by atoms with Crippen molar-refractivity contribution in [2.75, 3.05) is 20.3 Å². The van der Waals surface area contributed by atoms with Crippen molar-refractivity contribution < 1.29 is 14.3 Å². The molecule has 0 aromatic carbocycles. The van der Waals surface area contributed by atoms with Gasteiger partial charge in [-0.1, -0.05) is 6.07 Å². The summed E-state index contributed by atoms with van der Waals surface area (Å²) in [5.41, 5.74) is 0.523. The Morgan fingerprint density at radius 3 is 2.71 bits per heavy atom. The van der Waals surface area contributed by atoms with Gasteiger partial charge in [-0.2, -0.15) is 0 Å². The Kier molecular flexibility index (Phi) is 4.90. The predicted molar refractivity (Wildman–Crippen MR) is 63.0 cm³/mol. The van der Waals surface area contributed by atoms with E-state index in [4.69, 9.17) is 9.47 Å². The molecule has 1 aromatic heterocycles. The second-order valence-electron chi connectivity index (χ2n) is 3.71. The van der Waals surface area contributed by atoms with Gasteiger partial charge in [-0.15, -0.1) is 0 Å². The summed E-state index contributed by atoms with van der Waals surface area (Å²) >= 11 is 0. The Morgan fingerprint density at radius 1 is 1.41 bits per heavy atom. The molecule has 17 heavy (non-hydrogen) atoms. The van der Waals surface area contributed by atoms with Crippen molar-refractivity contribution in [3.63, 3.8) is 0 Å². The molecule has 1 atom stereocenters. The summed E-state index contributed by atoms with van der Waals surface area (Å²) in [5, 5.41) is 0. The second kappa shape index (κ2) is 6.20. The van der Waals surface area contributed by atoms with Crippen LogP contribution < -0.4 is 5.56 Å². The van der Waals surface area contributed by atoms with E-state index >= 15 is 0 Å². The second-order valence-corrected chi connectivity index (χ2v) is 3.71. The highest BCUT2D eigenvalue weighted by Gasteiger charge is 2.18. The maximum Gasteiger partial charge on any atom is 0.329 e. The molecule has 1 aromatic rings. The molecule has 0 fully saturated rings. The van der Waals surface area contributed by atoms with E-state index in [1.165, 1.54) is 17.7 Å². The summed E-state index contributed by atoms with van der Waals surface area (Å²) < 4.78 is 11.2. The number of esters is 1. The summed E-state index contributed by atoms with van der Waals surface area (Å²) in [6, 6.07) is 4.24. The van der Waals surface area contributed by atoms with Gasteiger partial charge in [0.15, 0.2) is 0 Å². The fraction of sp³-hybridized carbons (Fsp3) is 0.500. The highest BCUT2D eigenvalue weighted by molar-refractivity contribution is 5.73. The minimum Gasteiger partial charge on any atom is -0.462 e. The number of pyridine rings is 1. The van der Waals surface area contributed by atoms with Crippen LogP contribution in [0, 0.1) is 6.92 Å². The fourth-order valence-corrected chi connectivity index (χ4v) is 1.55. The molecule has 94 valence electrons. The Balaban J connectivity index is 2.78. The third-order valence-electron chi connectivity index (χ3n) is 2.45. The van der Waals surface area contributed by atoms with Crippen LogP contribution in [-0.4, -0.2) is 30.9 Å². The highest BCUT2D eigenvalue weighted by atomic mass is 16.6. The van der Waals surface area contributed by atoms with Crippen molar-refractivity contribution in [2.45, 2.75) is 19.9 Å². The van der Waals surface area contributed by atoms with Gasteiger partial charge in [0.1, 0.15) is 12.6 Å². The molecule has 1 heterocycles. The number of carbonyl (C=O) groups is 1. The third kappa shape index (κ3) is 3.42. The van der Waals surface area contributed by atoms with Crippen LogP contribution >= 0.6 is 0 Å². The molecule has 0 amide bonds. The van der Waals surface area contributed by atoms with E-state index in [2.05, 4.69) is 0 Å². The first-order valence-electron chi connectivity index (χ1n) is 5.41. The first-order valence-corrected chi connectivity index (χ1v) is 5.41. The van der Waals surface area contributed by atoms with Gasteiger partial charge in [0.05, 0.1) is 6.61 Å². The van der Waals surface area contributed by atoms with Gasteiger partial charge >= 0.3 is 5.97 Å². The summed E-state index contributed by atoms with van der Waals surface area (Å²) in [6.07, 6.45) is 0. The monoisotopic (exact) mass is 239 g/mol. The van der Waals surface area contributed by atoms with Gasteiger partial charge < -0.3 is 9.47 Å². The summed E-state index contributed by atoms with van der Waals surface area (Å²) in [7, 11) is 1.53. The van der Waals surface area contributed by atoms with E-state index in [0.29, 0.717) is 6.61 Å². The Hall–Kier alpha value is -1.62. The molecule has 1 unspecified atom stereocenters. The SMILES string of the molecule is COCCOC(=O)C(C)n1c(C)cccc1=O. The van der Waals surface area contributed by atoms with Crippen LogP contribution in [0.25, 0.3) is 0 Å². The normalized spacial score (nSPS) is 12.2. The minimum atomic E-state index is -0.624. The molecule has 0 aliphatic heterocycles. The molecule has 0 N–H and O–H groups in total. The topological polar surface area (TPSA) is 57.5 Å². The van der Waals surface area contributed by atoms with Crippen molar-refractivity contribution in [3.05, 3.63) is 34.2 Å². The average molecular weight is 239 g/mol. The summed E-state index contributed by atoms with van der Waals surface area (Å²) in [5.74, 6) is -0.432. The van der Waals surface area contributed by atoms with E-state index in [9.17, 15) is 9.59 Å². The predicted octanol–water partition coefficient (Wildman–Crippen LogP) is 0.907. The number of hydrogen-bond donors (Lipinski definition) is 0. The molecular weight excluding hydrogens is 222 g/mol. The van der Waals surface area contributed by atoms with Crippen LogP contribution in [0.2, 0.25) is 0 Å². The van der Waals surface area contributed by atoms with Crippen molar-refractivity contribution in [3.8, 4) is 0 Å². The maximum absolute atomic E-state index is 11.7. The number of hydrogen-bond acceptors (Lipinski definition) is 4. The van der Waals surface area contributed by atoms with Crippen LogP contribution in [0.4, 0.5) is 0 Å². The number of nitrogens with zero attached hydrogens (tertiary/aromatic N) is 1. The number of methoxy groups -OCH3 is 1. The third-order valence-corrected chi connectivity index (χ3v) is 2.45. The smallest absolute Gasteiger partial charge is 0.329 e. The zero-order valence-electron chi connectivity index (χ0n) is 10.3. The standard InChI is InChI=1S/C12H17NO4/c1-9-5-4-6-11(14)13(9)10(2)12(15)17-8-7-16-3/h4-6,10H,7-8H2,1-3H3. The Morgan fingerprint density at radius 2 is 2.12 bits per heavy atom. The molecule has 0 saturated heterocycles. The number of rotatable bonds is 5. The Labute approximate surface area is 100.0 Å². The summed E-state index contributed by atoms with van der Waals surface area (Å²) in [6.45, 7) is 3.96. The first kappa shape index (κ1) is 13.4.